The number of ether oxygens (including phenoxy) is 1. The zero-order chi connectivity index (χ0) is 13.3. The fourth-order valence-corrected chi connectivity index (χ4v) is 2.19. The highest BCUT2D eigenvalue weighted by Gasteiger charge is 2.20. The third-order valence-corrected chi connectivity index (χ3v) is 3.12. The van der Waals surface area contributed by atoms with E-state index in [4.69, 9.17) is 4.74 Å². The van der Waals surface area contributed by atoms with Crippen molar-refractivity contribution in [1.82, 2.24) is 9.78 Å². The molecule has 0 aliphatic rings. The Hall–Kier alpha value is -1.62. The van der Waals surface area contributed by atoms with E-state index < -0.39 is 11.7 Å². The molecule has 5 heteroatoms. The molecule has 2 aromatic rings. The van der Waals surface area contributed by atoms with Gasteiger partial charge in [-0.1, -0.05) is 6.07 Å². The molecule has 0 unspecified atom stereocenters. The van der Waals surface area contributed by atoms with Crippen LogP contribution in [0, 0.1) is 6.92 Å². The summed E-state index contributed by atoms with van der Waals surface area (Å²) in [6.45, 7) is 7.35. The Kier molecular flexibility index (Phi) is 3.26. The molecule has 2 heterocycles. The lowest BCUT2D eigenvalue weighted by atomic mass is 10.2. The van der Waals surface area contributed by atoms with Crippen LogP contribution >= 0.6 is 11.3 Å². The molecule has 0 aliphatic carbocycles. The van der Waals surface area contributed by atoms with Gasteiger partial charge in [0.25, 0.3) is 0 Å². The Morgan fingerprint density at radius 1 is 1.44 bits per heavy atom. The van der Waals surface area contributed by atoms with Crippen molar-refractivity contribution in [1.29, 1.82) is 0 Å². The van der Waals surface area contributed by atoms with Gasteiger partial charge in [-0.2, -0.15) is 9.78 Å². The number of hydrogen-bond donors (Lipinski definition) is 0. The zero-order valence-electron chi connectivity index (χ0n) is 10.9. The molecule has 18 heavy (non-hydrogen) atoms. The summed E-state index contributed by atoms with van der Waals surface area (Å²) in [5, 5.41) is 6.27. The minimum Gasteiger partial charge on any atom is -0.442 e. The summed E-state index contributed by atoms with van der Waals surface area (Å²) in [5.74, 6) is 0. The van der Waals surface area contributed by atoms with E-state index in [0.717, 1.165) is 16.3 Å². The number of thiophene rings is 1. The third kappa shape index (κ3) is 2.79. The molecule has 0 saturated carbocycles. The van der Waals surface area contributed by atoms with Crippen molar-refractivity contribution >= 4 is 17.4 Å². The smallest absolute Gasteiger partial charge is 0.435 e. The van der Waals surface area contributed by atoms with Gasteiger partial charge in [0.2, 0.25) is 0 Å². The fraction of sp³-hybridized carbons (Fsp3) is 0.385. The number of hydrogen-bond acceptors (Lipinski definition) is 4. The molecule has 0 fully saturated rings. The molecule has 0 atom stereocenters. The van der Waals surface area contributed by atoms with E-state index in [0.29, 0.717) is 0 Å². The van der Waals surface area contributed by atoms with Gasteiger partial charge < -0.3 is 4.74 Å². The van der Waals surface area contributed by atoms with Crippen LogP contribution in [-0.4, -0.2) is 21.5 Å². The van der Waals surface area contributed by atoms with Crippen LogP contribution in [-0.2, 0) is 4.74 Å². The molecule has 2 rings (SSSR count). The van der Waals surface area contributed by atoms with Gasteiger partial charge in [0.1, 0.15) is 11.3 Å². The first-order valence-electron chi connectivity index (χ1n) is 5.71. The highest BCUT2D eigenvalue weighted by molar-refractivity contribution is 7.13. The van der Waals surface area contributed by atoms with E-state index in [9.17, 15) is 4.79 Å². The number of aryl methyl sites for hydroxylation is 1. The van der Waals surface area contributed by atoms with Crippen molar-refractivity contribution in [3.05, 3.63) is 29.3 Å². The lowest BCUT2D eigenvalue weighted by molar-refractivity contribution is 0.0511. The summed E-state index contributed by atoms with van der Waals surface area (Å²) in [6, 6.07) is 5.82. The van der Waals surface area contributed by atoms with Crippen molar-refractivity contribution in [3.8, 4) is 10.6 Å². The number of aromatic nitrogens is 2. The number of carbonyl (C=O) groups is 1. The molecule has 2 aromatic heterocycles. The molecular weight excluding hydrogens is 248 g/mol. The van der Waals surface area contributed by atoms with E-state index in [1.807, 2.05) is 51.3 Å². The van der Waals surface area contributed by atoms with Crippen LogP contribution in [0.2, 0.25) is 0 Å². The van der Waals surface area contributed by atoms with Gasteiger partial charge in [-0.05, 0) is 45.2 Å². The lowest BCUT2D eigenvalue weighted by Crippen LogP contribution is -2.28. The lowest BCUT2D eigenvalue weighted by Gasteiger charge is -2.19. The predicted molar refractivity (Wildman–Crippen MR) is 71.9 cm³/mol. The second-order valence-electron chi connectivity index (χ2n) is 5.04. The standard InChI is InChI=1S/C13H16N2O2S/c1-9-8-10(11-6-5-7-18-11)14-15(9)12(16)17-13(2,3)4/h5-8H,1-4H3. The van der Waals surface area contributed by atoms with Crippen molar-refractivity contribution in [2.75, 3.05) is 0 Å². The van der Waals surface area contributed by atoms with Crippen LogP contribution in [0.25, 0.3) is 10.6 Å². The molecule has 4 nitrogen and oxygen atoms in total. The Labute approximate surface area is 110 Å². The molecule has 0 amide bonds. The summed E-state index contributed by atoms with van der Waals surface area (Å²) in [7, 11) is 0. The van der Waals surface area contributed by atoms with E-state index in [1.165, 1.54) is 4.68 Å². The number of rotatable bonds is 1. The quantitative estimate of drug-likeness (QED) is 0.788. The van der Waals surface area contributed by atoms with Gasteiger partial charge in [-0.25, -0.2) is 4.79 Å². The van der Waals surface area contributed by atoms with Crippen LogP contribution in [0.3, 0.4) is 0 Å². The van der Waals surface area contributed by atoms with Gasteiger partial charge in [0, 0.05) is 5.69 Å². The van der Waals surface area contributed by atoms with Gasteiger partial charge in [0.15, 0.2) is 0 Å². The molecule has 0 bridgehead atoms. The Balaban J connectivity index is 2.27. The van der Waals surface area contributed by atoms with Crippen LogP contribution < -0.4 is 0 Å². The first-order chi connectivity index (χ1) is 8.37. The summed E-state index contributed by atoms with van der Waals surface area (Å²) in [5.41, 5.74) is 1.06. The second kappa shape index (κ2) is 4.57. The SMILES string of the molecule is Cc1cc(-c2cccs2)nn1C(=O)OC(C)(C)C. The first-order valence-corrected chi connectivity index (χ1v) is 6.59. The van der Waals surface area contributed by atoms with E-state index in [1.54, 1.807) is 11.3 Å². The maximum absolute atomic E-state index is 11.9. The molecular formula is C13H16N2O2S. The van der Waals surface area contributed by atoms with E-state index in [-0.39, 0.29) is 0 Å². The van der Waals surface area contributed by atoms with Crippen molar-refractivity contribution in [2.24, 2.45) is 0 Å². The average molecular weight is 264 g/mol. The third-order valence-electron chi connectivity index (χ3n) is 2.23. The predicted octanol–water partition coefficient (Wildman–Crippen LogP) is 3.70. The molecule has 0 aliphatic heterocycles. The zero-order valence-corrected chi connectivity index (χ0v) is 11.7. The topological polar surface area (TPSA) is 44.1 Å². The van der Waals surface area contributed by atoms with Gasteiger partial charge in [-0.3, -0.25) is 0 Å². The normalized spacial score (nSPS) is 11.6. The monoisotopic (exact) mass is 264 g/mol. The highest BCUT2D eigenvalue weighted by Crippen LogP contribution is 2.24. The van der Waals surface area contributed by atoms with Crippen LogP contribution in [0.5, 0.6) is 0 Å². The minimum atomic E-state index is -0.515. The van der Waals surface area contributed by atoms with E-state index in [2.05, 4.69) is 5.10 Å². The summed E-state index contributed by atoms with van der Waals surface area (Å²) in [4.78, 5) is 13.0. The van der Waals surface area contributed by atoms with Gasteiger partial charge in [-0.15, -0.1) is 11.3 Å². The van der Waals surface area contributed by atoms with Crippen LogP contribution in [0.1, 0.15) is 26.5 Å². The Morgan fingerprint density at radius 2 is 2.17 bits per heavy atom. The number of nitrogens with zero attached hydrogens (tertiary/aromatic N) is 2. The molecule has 0 spiro atoms. The highest BCUT2D eigenvalue weighted by atomic mass is 32.1. The molecule has 0 N–H and O–H groups in total. The molecule has 0 radical (unpaired) electrons. The van der Waals surface area contributed by atoms with E-state index >= 15 is 0 Å². The average Bonchev–Trinajstić information content (AvgIpc) is 2.82. The van der Waals surface area contributed by atoms with Crippen molar-refractivity contribution in [2.45, 2.75) is 33.3 Å². The fourth-order valence-electron chi connectivity index (χ4n) is 1.51. The summed E-state index contributed by atoms with van der Waals surface area (Å²) in [6.07, 6.45) is -0.442. The second-order valence-corrected chi connectivity index (χ2v) is 5.99. The summed E-state index contributed by atoms with van der Waals surface area (Å²) < 4.78 is 6.61. The molecule has 0 saturated heterocycles. The minimum absolute atomic E-state index is 0.442. The largest absolute Gasteiger partial charge is 0.442 e. The maximum Gasteiger partial charge on any atom is 0.435 e. The maximum atomic E-state index is 11.9. The number of carbonyl (C=O) groups excluding carboxylic acids is 1. The Morgan fingerprint density at radius 3 is 2.72 bits per heavy atom. The van der Waals surface area contributed by atoms with Gasteiger partial charge >= 0.3 is 6.09 Å². The van der Waals surface area contributed by atoms with Crippen molar-refractivity contribution < 1.29 is 9.53 Å². The Bertz CT molecular complexity index is 550. The molecule has 0 aromatic carbocycles. The van der Waals surface area contributed by atoms with Crippen LogP contribution in [0.15, 0.2) is 23.6 Å². The van der Waals surface area contributed by atoms with Crippen molar-refractivity contribution in [3.63, 3.8) is 0 Å². The summed E-state index contributed by atoms with van der Waals surface area (Å²) >= 11 is 1.59. The molecule has 96 valence electrons. The van der Waals surface area contributed by atoms with Gasteiger partial charge in [0.05, 0.1) is 4.88 Å². The first kappa shape index (κ1) is 12.8. The van der Waals surface area contributed by atoms with Crippen LogP contribution in [0.4, 0.5) is 4.79 Å².